The number of methoxy groups -OCH3 is 2. The number of nitrogens with zero attached hydrogens (tertiary/aromatic N) is 2. The number of hydrogen-bond acceptors (Lipinski definition) is 5. The zero-order valence-electron chi connectivity index (χ0n) is 17.4. The van der Waals surface area contributed by atoms with E-state index in [1.54, 1.807) is 22.8 Å². The van der Waals surface area contributed by atoms with Gasteiger partial charge in [-0.2, -0.15) is 17.0 Å². The molecule has 0 aliphatic carbocycles. The van der Waals surface area contributed by atoms with Gasteiger partial charge in [0.2, 0.25) is 0 Å². The van der Waals surface area contributed by atoms with Gasteiger partial charge < -0.3 is 14.2 Å². The van der Waals surface area contributed by atoms with Crippen LogP contribution in [0.1, 0.15) is 36.8 Å². The van der Waals surface area contributed by atoms with Crippen LogP contribution < -0.4 is 4.74 Å². The maximum atomic E-state index is 13.2. The molecule has 3 aliphatic heterocycles. The van der Waals surface area contributed by atoms with Crippen molar-refractivity contribution in [1.82, 2.24) is 8.61 Å². The zero-order valence-corrected chi connectivity index (χ0v) is 18.2. The second kappa shape index (κ2) is 8.51. The lowest BCUT2D eigenvalue weighted by Gasteiger charge is -2.45. The van der Waals surface area contributed by atoms with E-state index >= 15 is 0 Å². The van der Waals surface area contributed by atoms with Crippen molar-refractivity contribution in [3.05, 3.63) is 29.3 Å². The van der Waals surface area contributed by atoms with Crippen molar-refractivity contribution >= 4 is 10.2 Å². The van der Waals surface area contributed by atoms with Gasteiger partial charge >= 0.3 is 0 Å². The first-order valence-electron chi connectivity index (χ1n) is 10.5. The van der Waals surface area contributed by atoms with Crippen molar-refractivity contribution in [2.45, 2.75) is 37.7 Å². The number of hydrogen-bond donors (Lipinski definition) is 0. The first-order chi connectivity index (χ1) is 14.0. The van der Waals surface area contributed by atoms with Gasteiger partial charge in [0.25, 0.3) is 10.2 Å². The predicted octanol–water partition coefficient (Wildman–Crippen LogP) is 2.16. The Hall–Kier alpha value is -1.19. The van der Waals surface area contributed by atoms with Gasteiger partial charge in [0.15, 0.2) is 0 Å². The van der Waals surface area contributed by atoms with Crippen molar-refractivity contribution in [2.75, 3.05) is 53.6 Å². The molecule has 1 aromatic rings. The van der Waals surface area contributed by atoms with E-state index in [9.17, 15) is 8.42 Å². The van der Waals surface area contributed by atoms with E-state index < -0.39 is 10.2 Å². The highest BCUT2D eigenvalue weighted by molar-refractivity contribution is 7.86. The Bertz CT molecular complexity index is 812. The van der Waals surface area contributed by atoms with Crippen LogP contribution in [-0.4, -0.2) is 70.6 Å². The minimum atomic E-state index is -3.42. The molecule has 29 heavy (non-hydrogen) atoms. The van der Waals surface area contributed by atoms with Gasteiger partial charge in [-0.3, -0.25) is 0 Å². The minimum absolute atomic E-state index is 0.378. The van der Waals surface area contributed by atoms with Gasteiger partial charge in [-0.1, -0.05) is 6.07 Å². The van der Waals surface area contributed by atoms with Crippen LogP contribution >= 0.6 is 0 Å². The molecule has 4 rings (SSSR count). The Kier molecular flexibility index (Phi) is 6.18. The molecule has 0 bridgehead atoms. The Morgan fingerprint density at radius 3 is 2.45 bits per heavy atom. The van der Waals surface area contributed by atoms with Crippen LogP contribution in [0.4, 0.5) is 0 Å². The molecule has 2 fully saturated rings. The van der Waals surface area contributed by atoms with E-state index in [1.807, 2.05) is 6.07 Å². The summed E-state index contributed by atoms with van der Waals surface area (Å²) in [5.41, 5.74) is 2.08. The molecular weight excluding hydrogens is 392 g/mol. The summed E-state index contributed by atoms with van der Waals surface area (Å²) in [7, 11) is -0.0351. The van der Waals surface area contributed by atoms with Crippen molar-refractivity contribution in [3.8, 4) is 5.75 Å². The molecule has 162 valence electrons. The van der Waals surface area contributed by atoms with Crippen molar-refractivity contribution in [2.24, 2.45) is 5.92 Å². The molecule has 3 heterocycles. The molecule has 0 atom stereocenters. The van der Waals surface area contributed by atoms with Gasteiger partial charge in [-0.05, 0) is 61.3 Å². The first-order valence-corrected chi connectivity index (χ1v) is 11.9. The van der Waals surface area contributed by atoms with E-state index in [1.165, 1.54) is 11.1 Å². The molecule has 0 saturated carbocycles. The predicted molar refractivity (Wildman–Crippen MR) is 110 cm³/mol. The summed E-state index contributed by atoms with van der Waals surface area (Å²) in [6.07, 6.45) is 3.97. The lowest BCUT2D eigenvalue weighted by Crippen LogP contribution is -2.53. The second-order valence-electron chi connectivity index (χ2n) is 8.32. The van der Waals surface area contributed by atoms with Crippen LogP contribution in [0.3, 0.4) is 0 Å². The molecule has 1 spiro atoms. The maximum absolute atomic E-state index is 13.2. The van der Waals surface area contributed by atoms with Crippen LogP contribution in [0.15, 0.2) is 18.2 Å². The molecule has 0 amide bonds. The Morgan fingerprint density at radius 2 is 1.79 bits per heavy atom. The quantitative estimate of drug-likeness (QED) is 0.725. The van der Waals surface area contributed by atoms with Crippen LogP contribution in [0.25, 0.3) is 0 Å². The lowest BCUT2D eigenvalue weighted by atomic mass is 9.80. The first kappa shape index (κ1) is 21.1. The van der Waals surface area contributed by atoms with E-state index in [4.69, 9.17) is 14.2 Å². The SMILES string of the molecule is COCC1CCN(S(=O)(=O)N2CCC3(CC2)OCCc2cc(OC)ccc23)CC1. The lowest BCUT2D eigenvalue weighted by molar-refractivity contribution is -0.0896. The standard InChI is InChI=1S/C21H32N2O5S/c1-26-16-17-5-10-22(11-6-17)29(24,25)23-12-8-21(9-13-23)20-4-3-19(27-2)15-18(20)7-14-28-21/h3-4,15,17H,5-14,16H2,1-2H3. The molecule has 3 aliphatic rings. The average molecular weight is 425 g/mol. The minimum Gasteiger partial charge on any atom is -0.497 e. The highest BCUT2D eigenvalue weighted by Gasteiger charge is 2.44. The average Bonchev–Trinajstić information content (AvgIpc) is 2.75. The maximum Gasteiger partial charge on any atom is 0.281 e. The summed E-state index contributed by atoms with van der Waals surface area (Å²) in [5, 5.41) is 0. The van der Waals surface area contributed by atoms with Crippen molar-refractivity contribution in [1.29, 1.82) is 0 Å². The molecule has 0 radical (unpaired) electrons. The summed E-state index contributed by atoms with van der Waals surface area (Å²) in [6.45, 7) is 3.52. The van der Waals surface area contributed by atoms with Gasteiger partial charge in [0, 0.05) is 39.9 Å². The smallest absolute Gasteiger partial charge is 0.281 e. The van der Waals surface area contributed by atoms with Gasteiger partial charge in [-0.25, -0.2) is 0 Å². The molecule has 0 aromatic heterocycles. The van der Waals surface area contributed by atoms with Crippen LogP contribution in [0, 0.1) is 5.92 Å². The van der Waals surface area contributed by atoms with Crippen molar-refractivity contribution in [3.63, 3.8) is 0 Å². The van der Waals surface area contributed by atoms with Gasteiger partial charge in [0.05, 0.1) is 19.3 Å². The van der Waals surface area contributed by atoms with E-state index in [0.29, 0.717) is 58.2 Å². The highest BCUT2D eigenvalue weighted by Crippen LogP contribution is 2.43. The van der Waals surface area contributed by atoms with E-state index in [-0.39, 0.29) is 5.60 Å². The molecule has 7 nitrogen and oxygen atoms in total. The number of benzene rings is 1. The summed E-state index contributed by atoms with van der Waals surface area (Å²) in [4.78, 5) is 0. The summed E-state index contributed by atoms with van der Waals surface area (Å²) >= 11 is 0. The molecular formula is C21H32N2O5S. The fourth-order valence-electron chi connectivity index (χ4n) is 4.98. The number of rotatable bonds is 5. The normalized spacial score (nSPS) is 23.8. The fraction of sp³-hybridized carbons (Fsp3) is 0.714. The third-order valence-electron chi connectivity index (χ3n) is 6.71. The largest absolute Gasteiger partial charge is 0.497 e. The Morgan fingerprint density at radius 1 is 1.10 bits per heavy atom. The summed E-state index contributed by atoms with van der Waals surface area (Å²) in [5.74, 6) is 1.32. The zero-order chi connectivity index (χ0) is 20.5. The van der Waals surface area contributed by atoms with Gasteiger partial charge in [0.1, 0.15) is 5.75 Å². The number of fused-ring (bicyclic) bond motifs is 2. The molecule has 1 aromatic carbocycles. The van der Waals surface area contributed by atoms with E-state index in [2.05, 4.69) is 12.1 Å². The van der Waals surface area contributed by atoms with Crippen LogP contribution in [-0.2, 0) is 31.7 Å². The monoisotopic (exact) mass is 424 g/mol. The van der Waals surface area contributed by atoms with Crippen LogP contribution in [0.2, 0.25) is 0 Å². The second-order valence-corrected chi connectivity index (χ2v) is 10.2. The van der Waals surface area contributed by atoms with Crippen molar-refractivity contribution < 1.29 is 22.6 Å². The number of ether oxygens (including phenoxy) is 3. The highest BCUT2D eigenvalue weighted by atomic mass is 32.2. The third-order valence-corrected chi connectivity index (χ3v) is 8.75. The molecule has 0 N–H and O–H groups in total. The van der Waals surface area contributed by atoms with Gasteiger partial charge in [-0.15, -0.1) is 0 Å². The summed E-state index contributed by atoms with van der Waals surface area (Å²) in [6, 6.07) is 6.16. The Balaban J connectivity index is 1.44. The third kappa shape index (κ3) is 4.05. The van der Waals surface area contributed by atoms with Crippen LogP contribution in [0.5, 0.6) is 5.75 Å². The van der Waals surface area contributed by atoms with E-state index in [0.717, 1.165) is 25.0 Å². The molecule has 2 saturated heterocycles. The molecule has 8 heteroatoms. The molecule has 0 unspecified atom stereocenters. The Labute approximate surface area is 174 Å². The summed E-state index contributed by atoms with van der Waals surface area (Å²) < 4.78 is 46.5. The fourth-order valence-corrected chi connectivity index (χ4v) is 6.62. The number of piperidine rings is 2. The topological polar surface area (TPSA) is 68.3 Å².